The van der Waals surface area contributed by atoms with Crippen LogP contribution in [0.25, 0.3) is 0 Å². The molecule has 1 aromatic carbocycles. The van der Waals surface area contributed by atoms with Crippen LogP contribution in [0.4, 0.5) is 0 Å². The fourth-order valence-electron chi connectivity index (χ4n) is 1.53. The van der Waals surface area contributed by atoms with Gasteiger partial charge in [-0.25, -0.2) is 0 Å². The van der Waals surface area contributed by atoms with Gasteiger partial charge in [0.2, 0.25) is 0 Å². The minimum absolute atomic E-state index is 0.475. The Morgan fingerprint density at radius 2 is 2.00 bits per heavy atom. The molecular formula is C14H21NO4. The standard InChI is InChI=1S/C14H21NO4/c1-4-7-18-8-9-19-13-6-5-12(11(2)15-16)10-14(13)17-3/h5-6,10,16H,4,7-9H2,1-3H3/b15-11+. The van der Waals surface area contributed by atoms with Crippen molar-refractivity contribution in [2.24, 2.45) is 5.16 Å². The highest BCUT2D eigenvalue weighted by atomic mass is 16.5. The third-order valence-corrected chi connectivity index (χ3v) is 2.57. The summed E-state index contributed by atoms with van der Waals surface area (Å²) in [5.74, 6) is 1.26. The molecule has 106 valence electrons. The molecule has 0 aliphatic carbocycles. The number of hydrogen-bond acceptors (Lipinski definition) is 5. The lowest BCUT2D eigenvalue weighted by molar-refractivity contribution is 0.0995. The van der Waals surface area contributed by atoms with Crippen LogP contribution in [0.1, 0.15) is 25.8 Å². The SMILES string of the molecule is CCCOCCOc1ccc(/C(C)=N/O)cc1OC. The van der Waals surface area contributed by atoms with Crippen LogP contribution in [0.2, 0.25) is 0 Å². The maximum absolute atomic E-state index is 8.74. The summed E-state index contributed by atoms with van der Waals surface area (Å²) in [4.78, 5) is 0. The Morgan fingerprint density at radius 1 is 1.21 bits per heavy atom. The molecule has 0 aliphatic heterocycles. The van der Waals surface area contributed by atoms with Gasteiger partial charge < -0.3 is 19.4 Å². The molecule has 0 aliphatic rings. The molecule has 0 aromatic heterocycles. The smallest absolute Gasteiger partial charge is 0.161 e. The van der Waals surface area contributed by atoms with Crippen LogP contribution in [0, 0.1) is 0 Å². The summed E-state index contributed by atoms with van der Waals surface area (Å²) in [6, 6.07) is 5.39. The Balaban J connectivity index is 2.63. The van der Waals surface area contributed by atoms with Crippen LogP contribution < -0.4 is 9.47 Å². The molecule has 0 saturated heterocycles. The lowest BCUT2D eigenvalue weighted by atomic mass is 10.1. The zero-order valence-corrected chi connectivity index (χ0v) is 11.7. The average molecular weight is 267 g/mol. The van der Waals surface area contributed by atoms with Gasteiger partial charge in [-0.15, -0.1) is 0 Å². The Morgan fingerprint density at radius 3 is 2.63 bits per heavy atom. The fourth-order valence-corrected chi connectivity index (χ4v) is 1.53. The lowest BCUT2D eigenvalue weighted by Gasteiger charge is -2.12. The van der Waals surface area contributed by atoms with Gasteiger partial charge in [0.05, 0.1) is 19.4 Å². The van der Waals surface area contributed by atoms with Crippen molar-refractivity contribution < 1.29 is 19.4 Å². The normalized spacial score (nSPS) is 11.4. The van der Waals surface area contributed by atoms with E-state index in [1.165, 1.54) is 0 Å². The van der Waals surface area contributed by atoms with E-state index in [0.717, 1.165) is 18.6 Å². The van der Waals surface area contributed by atoms with Crippen LogP contribution in [0.5, 0.6) is 11.5 Å². The van der Waals surface area contributed by atoms with Crippen LogP contribution in [0.15, 0.2) is 23.4 Å². The molecular weight excluding hydrogens is 246 g/mol. The maximum Gasteiger partial charge on any atom is 0.161 e. The van der Waals surface area contributed by atoms with Gasteiger partial charge in [0.15, 0.2) is 11.5 Å². The van der Waals surface area contributed by atoms with Crippen molar-refractivity contribution in [2.75, 3.05) is 26.9 Å². The zero-order valence-electron chi connectivity index (χ0n) is 11.7. The number of hydrogen-bond donors (Lipinski definition) is 1. The van der Waals surface area contributed by atoms with Crippen LogP contribution >= 0.6 is 0 Å². The molecule has 0 fully saturated rings. The van der Waals surface area contributed by atoms with Gasteiger partial charge in [-0.05, 0) is 31.5 Å². The summed E-state index contributed by atoms with van der Waals surface area (Å²) in [7, 11) is 1.57. The van der Waals surface area contributed by atoms with Gasteiger partial charge in [-0.3, -0.25) is 0 Å². The minimum Gasteiger partial charge on any atom is -0.493 e. The highest BCUT2D eigenvalue weighted by Crippen LogP contribution is 2.28. The minimum atomic E-state index is 0.475. The van der Waals surface area contributed by atoms with Crippen molar-refractivity contribution >= 4 is 5.71 Å². The fraction of sp³-hybridized carbons (Fsp3) is 0.500. The summed E-state index contributed by atoms with van der Waals surface area (Å²) in [6.45, 7) is 5.55. The van der Waals surface area contributed by atoms with Crippen molar-refractivity contribution in [3.63, 3.8) is 0 Å². The molecule has 0 bridgehead atoms. The molecule has 0 atom stereocenters. The second-order valence-electron chi connectivity index (χ2n) is 4.01. The van der Waals surface area contributed by atoms with Crippen LogP contribution in [0.3, 0.4) is 0 Å². The molecule has 19 heavy (non-hydrogen) atoms. The predicted molar refractivity (Wildman–Crippen MR) is 73.6 cm³/mol. The molecule has 1 N–H and O–H groups in total. The van der Waals surface area contributed by atoms with E-state index in [1.807, 2.05) is 6.07 Å². The first-order valence-corrected chi connectivity index (χ1v) is 6.30. The van der Waals surface area contributed by atoms with E-state index in [1.54, 1.807) is 26.2 Å². The van der Waals surface area contributed by atoms with Gasteiger partial charge >= 0.3 is 0 Å². The van der Waals surface area contributed by atoms with E-state index in [4.69, 9.17) is 19.4 Å². The molecule has 0 amide bonds. The first kappa shape index (κ1) is 15.3. The van der Waals surface area contributed by atoms with Crippen molar-refractivity contribution in [2.45, 2.75) is 20.3 Å². The van der Waals surface area contributed by atoms with Gasteiger partial charge in [-0.2, -0.15) is 0 Å². The zero-order chi connectivity index (χ0) is 14.1. The van der Waals surface area contributed by atoms with Gasteiger partial charge in [0.25, 0.3) is 0 Å². The molecule has 0 heterocycles. The van der Waals surface area contributed by atoms with Crippen molar-refractivity contribution in [1.29, 1.82) is 0 Å². The second-order valence-corrected chi connectivity index (χ2v) is 4.01. The quantitative estimate of drug-likeness (QED) is 0.340. The Kier molecular flexibility index (Phi) is 6.74. The first-order valence-electron chi connectivity index (χ1n) is 6.30. The van der Waals surface area contributed by atoms with E-state index >= 15 is 0 Å². The summed E-state index contributed by atoms with van der Waals surface area (Å²) < 4.78 is 16.2. The Labute approximate surface area is 113 Å². The largest absolute Gasteiger partial charge is 0.493 e. The number of oxime groups is 1. The first-order chi connectivity index (χ1) is 9.22. The molecule has 0 unspecified atom stereocenters. The molecule has 5 nitrogen and oxygen atoms in total. The molecule has 1 aromatic rings. The Hall–Kier alpha value is -1.75. The molecule has 0 saturated carbocycles. The van der Waals surface area contributed by atoms with Crippen molar-refractivity contribution in [3.05, 3.63) is 23.8 Å². The highest BCUT2D eigenvalue weighted by Gasteiger charge is 2.07. The number of methoxy groups -OCH3 is 1. The third kappa shape index (κ3) is 4.79. The highest BCUT2D eigenvalue weighted by molar-refractivity contribution is 5.98. The van der Waals surface area contributed by atoms with Gasteiger partial charge in [-0.1, -0.05) is 12.1 Å². The summed E-state index contributed by atoms with van der Waals surface area (Å²) in [5.41, 5.74) is 1.31. The molecule has 5 heteroatoms. The predicted octanol–water partition coefficient (Wildman–Crippen LogP) is 2.70. The topological polar surface area (TPSA) is 60.3 Å². The summed E-state index contributed by atoms with van der Waals surface area (Å²) in [5, 5.41) is 11.9. The van der Waals surface area contributed by atoms with E-state index in [0.29, 0.717) is 30.4 Å². The summed E-state index contributed by atoms with van der Waals surface area (Å²) >= 11 is 0. The monoisotopic (exact) mass is 267 g/mol. The van der Waals surface area contributed by atoms with E-state index in [-0.39, 0.29) is 0 Å². The summed E-state index contributed by atoms with van der Waals surface area (Å²) in [6.07, 6.45) is 0.998. The molecule has 0 radical (unpaired) electrons. The van der Waals surface area contributed by atoms with Gasteiger partial charge in [0, 0.05) is 12.2 Å². The lowest BCUT2D eigenvalue weighted by Crippen LogP contribution is -2.08. The average Bonchev–Trinajstić information content (AvgIpc) is 2.46. The number of benzene rings is 1. The van der Waals surface area contributed by atoms with E-state index < -0.39 is 0 Å². The van der Waals surface area contributed by atoms with E-state index in [2.05, 4.69) is 12.1 Å². The molecule has 0 spiro atoms. The number of ether oxygens (including phenoxy) is 3. The maximum atomic E-state index is 8.74. The van der Waals surface area contributed by atoms with Gasteiger partial charge in [0.1, 0.15) is 6.61 Å². The van der Waals surface area contributed by atoms with Crippen LogP contribution in [-0.4, -0.2) is 37.8 Å². The third-order valence-electron chi connectivity index (χ3n) is 2.57. The van der Waals surface area contributed by atoms with Crippen LogP contribution in [-0.2, 0) is 4.74 Å². The van der Waals surface area contributed by atoms with Crippen molar-refractivity contribution in [3.8, 4) is 11.5 Å². The number of rotatable bonds is 8. The van der Waals surface area contributed by atoms with Crippen molar-refractivity contribution in [1.82, 2.24) is 0 Å². The number of nitrogens with zero attached hydrogens (tertiary/aromatic N) is 1. The van der Waals surface area contributed by atoms with E-state index in [9.17, 15) is 0 Å². The second kappa shape index (κ2) is 8.37. The Bertz CT molecular complexity index is 418. The molecule has 1 rings (SSSR count).